The molecule has 0 saturated heterocycles. The number of rotatable bonds is 7. The molecule has 0 unspecified atom stereocenters. The summed E-state index contributed by atoms with van der Waals surface area (Å²) >= 11 is 7.43. The number of benzene rings is 2. The first kappa shape index (κ1) is 20.6. The van der Waals surface area contributed by atoms with Gasteiger partial charge in [-0.05, 0) is 57.2 Å². The number of hydrogen-bond acceptors (Lipinski definition) is 5. The van der Waals surface area contributed by atoms with Crippen molar-refractivity contribution in [2.75, 3.05) is 12.4 Å². The second kappa shape index (κ2) is 8.88. The highest BCUT2D eigenvalue weighted by molar-refractivity contribution is 7.99. The van der Waals surface area contributed by atoms with Crippen molar-refractivity contribution >= 4 is 40.4 Å². The molecule has 1 aromatic heterocycles. The third kappa shape index (κ3) is 5.66. The molecule has 0 bridgehead atoms. The van der Waals surface area contributed by atoms with E-state index < -0.39 is 5.60 Å². The van der Waals surface area contributed by atoms with E-state index in [-0.39, 0.29) is 12.5 Å². The molecule has 2 aromatic carbocycles. The quantitative estimate of drug-likeness (QED) is 0.300. The van der Waals surface area contributed by atoms with Crippen molar-refractivity contribution in [3.8, 4) is 5.75 Å². The van der Waals surface area contributed by atoms with Gasteiger partial charge in [-0.25, -0.2) is 4.98 Å². The highest BCUT2D eigenvalue weighted by atomic mass is 35.5. The van der Waals surface area contributed by atoms with E-state index in [0.717, 1.165) is 21.9 Å². The standard InChI is InChI=1S/C21H23ClN2O3S/c1-21(2,3)27-19(25)14-24-18-7-5-4-6-17(18)23-20(24)28-13-12-26-16-10-8-15(22)9-11-16/h4-11H,12-14H2,1-3H3. The maximum absolute atomic E-state index is 12.3. The molecule has 0 spiro atoms. The van der Waals surface area contributed by atoms with Gasteiger partial charge < -0.3 is 14.0 Å². The van der Waals surface area contributed by atoms with Gasteiger partial charge in [0.15, 0.2) is 5.16 Å². The molecule has 5 nitrogen and oxygen atoms in total. The van der Waals surface area contributed by atoms with Crippen LogP contribution in [0.1, 0.15) is 20.8 Å². The number of carbonyl (C=O) groups excluding carboxylic acids is 1. The molecule has 0 saturated carbocycles. The lowest BCUT2D eigenvalue weighted by atomic mass is 10.2. The van der Waals surface area contributed by atoms with Crippen LogP contribution < -0.4 is 4.74 Å². The fourth-order valence-corrected chi connectivity index (χ4v) is 3.60. The molecule has 0 atom stereocenters. The van der Waals surface area contributed by atoms with Crippen LogP contribution in [0, 0.1) is 0 Å². The van der Waals surface area contributed by atoms with Crippen LogP contribution in [0.15, 0.2) is 53.7 Å². The van der Waals surface area contributed by atoms with Crippen LogP contribution >= 0.6 is 23.4 Å². The number of halogens is 1. The predicted molar refractivity (Wildman–Crippen MR) is 113 cm³/mol. The van der Waals surface area contributed by atoms with Gasteiger partial charge in [0.05, 0.1) is 17.6 Å². The minimum atomic E-state index is -0.521. The third-order valence-corrected chi connectivity index (χ3v) is 4.92. The van der Waals surface area contributed by atoms with Crippen molar-refractivity contribution in [1.82, 2.24) is 9.55 Å². The van der Waals surface area contributed by atoms with E-state index in [1.165, 1.54) is 0 Å². The van der Waals surface area contributed by atoms with E-state index in [2.05, 4.69) is 4.98 Å². The highest BCUT2D eigenvalue weighted by Gasteiger charge is 2.19. The maximum Gasteiger partial charge on any atom is 0.326 e. The Morgan fingerprint density at radius 1 is 1.14 bits per heavy atom. The molecular weight excluding hydrogens is 396 g/mol. The molecule has 7 heteroatoms. The molecule has 3 rings (SSSR count). The zero-order valence-electron chi connectivity index (χ0n) is 16.1. The third-order valence-electron chi connectivity index (χ3n) is 3.72. The SMILES string of the molecule is CC(C)(C)OC(=O)Cn1c(SCCOc2ccc(Cl)cc2)nc2ccccc21. The monoisotopic (exact) mass is 418 g/mol. The van der Waals surface area contributed by atoms with Crippen LogP contribution in [-0.4, -0.2) is 33.5 Å². The molecule has 3 aromatic rings. The Balaban J connectivity index is 1.67. The number of hydrogen-bond donors (Lipinski definition) is 0. The number of nitrogens with zero attached hydrogens (tertiary/aromatic N) is 2. The minimum absolute atomic E-state index is 0.123. The minimum Gasteiger partial charge on any atom is -0.493 e. The number of aromatic nitrogens is 2. The van der Waals surface area contributed by atoms with Crippen molar-refractivity contribution in [3.05, 3.63) is 53.6 Å². The summed E-state index contributed by atoms with van der Waals surface area (Å²) in [6, 6.07) is 15.0. The van der Waals surface area contributed by atoms with Gasteiger partial charge in [0.2, 0.25) is 0 Å². The molecule has 0 aliphatic rings. The van der Waals surface area contributed by atoms with Gasteiger partial charge in [-0.3, -0.25) is 4.79 Å². The normalized spacial score (nSPS) is 11.6. The summed E-state index contributed by atoms with van der Waals surface area (Å²) in [5.74, 6) is 1.18. The van der Waals surface area contributed by atoms with Gasteiger partial charge in [0.25, 0.3) is 0 Å². The molecule has 0 fully saturated rings. The van der Waals surface area contributed by atoms with Gasteiger partial charge in [0, 0.05) is 10.8 Å². The topological polar surface area (TPSA) is 53.4 Å². The Hall–Kier alpha value is -2.18. The Morgan fingerprint density at radius 3 is 2.57 bits per heavy atom. The van der Waals surface area contributed by atoms with E-state index >= 15 is 0 Å². The maximum atomic E-state index is 12.3. The molecule has 0 aliphatic heterocycles. The number of esters is 1. The molecule has 1 heterocycles. The van der Waals surface area contributed by atoms with E-state index in [1.54, 1.807) is 23.9 Å². The fourth-order valence-electron chi connectivity index (χ4n) is 2.64. The van der Waals surface area contributed by atoms with E-state index in [1.807, 2.05) is 61.7 Å². The highest BCUT2D eigenvalue weighted by Crippen LogP contribution is 2.25. The van der Waals surface area contributed by atoms with E-state index in [9.17, 15) is 4.79 Å². The predicted octanol–water partition coefficient (Wildman–Crippen LogP) is 5.20. The zero-order chi connectivity index (χ0) is 20.1. The Morgan fingerprint density at radius 2 is 1.86 bits per heavy atom. The molecule has 28 heavy (non-hydrogen) atoms. The number of imidazole rings is 1. The molecule has 0 amide bonds. The Kier molecular flexibility index (Phi) is 6.52. The summed E-state index contributed by atoms with van der Waals surface area (Å²) in [4.78, 5) is 17.0. The molecular formula is C21H23ClN2O3S. The van der Waals surface area contributed by atoms with Crippen molar-refractivity contribution in [3.63, 3.8) is 0 Å². The van der Waals surface area contributed by atoms with Gasteiger partial charge in [0.1, 0.15) is 17.9 Å². The summed E-state index contributed by atoms with van der Waals surface area (Å²) < 4.78 is 13.1. The van der Waals surface area contributed by atoms with Gasteiger partial charge in [-0.1, -0.05) is 35.5 Å². The van der Waals surface area contributed by atoms with Crippen LogP contribution in [0.25, 0.3) is 11.0 Å². The van der Waals surface area contributed by atoms with Gasteiger partial charge in [-0.15, -0.1) is 0 Å². The fraction of sp³-hybridized carbons (Fsp3) is 0.333. The second-order valence-corrected chi connectivity index (χ2v) is 8.71. The van der Waals surface area contributed by atoms with Crippen molar-refractivity contribution in [1.29, 1.82) is 0 Å². The van der Waals surface area contributed by atoms with Gasteiger partial charge in [-0.2, -0.15) is 0 Å². The van der Waals surface area contributed by atoms with Crippen LogP contribution in [0.3, 0.4) is 0 Å². The first-order chi connectivity index (χ1) is 13.3. The molecule has 148 valence electrons. The first-order valence-electron chi connectivity index (χ1n) is 9.00. The summed E-state index contributed by atoms with van der Waals surface area (Å²) in [7, 11) is 0. The van der Waals surface area contributed by atoms with E-state index in [4.69, 9.17) is 21.1 Å². The average Bonchev–Trinajstić information content (AvgIpc) is 2.96. The lowest BCUT2D eigenvalue weighted by Gasteiger charge is -2.20. The Bertz CT molecular complexity index is 948. The number of para-hydroxylation sites is 2. The molecule has 0 aliphatic carbocycles. The summed E-state index contributed by atoms with van der Waals surface area (Å²) in [6.45, 7) is 6.22. The lowest BCUT2D eigenvalue weighted by molar-refractivity contribution is -0.155. The Labute approximate surface area is 174 Å². The number of ether oxygens (including phenoxy) is 2. The first-order valence-corrected chi connectivity index (χ1v) is 10.4. The number of carbonyl (C=O) groups is 1. The summed E-state index contributed by atoms with van der Waals surface area (Å²) in [5.41, 5.74) is 1.24. The van der Waals surface area contributed by atoms with Gasteiger partial charge >= 0.3 is 5.97 Å². The second-order valence-electron chi connectivity index (χ2n) is 7.21. The zero-order valence-corrected chi connectivity index (χ0v) is 17.7. The summed E-state index contributed by atoms with van der Waals surface area (Å²) in [5, 5.41) is 1.45. The largest absolute Gasteiger partial charge is 0.493 e. The van der Waals surface area contributed by atoms with Crippen LogP contribution in [0.4, 0.5) is 0 Å². The molecule has 0 N–H and O–H groups in total. The summed E-state index contributed by atoms with van der Waals surface area (Å²) in [6.07, 6.45) is 0. The van der Waals surface area contributed by atoms with Crippen LogP contribution in [0.2, 0.25) is 5.02 Å². The van der Waals surface area contributed by atoms with Crippen molar-refractivity contribution in [2.24, 2.45) is 0 Å². The van der Waals surface area contributed by atoms with E-state index in [0.29, 0.717) is 17.4 Å². The van der Waals surface area contributed by atoms with Crippen LogP contribution in [0.5, 0.6) is 5.75 Å². The smallest absolute Gasteiger partial charge is 0.326 e. The van der Waals surface area contributed by atoms with Crippen molar-refractivity contribution < 1.29 is 14.3 Å². The van der Waals surface area contributed by atoms with Crippen LogP contribution in [-0.2, 0) is 16.1 Å². The lowest BCUT2D eigenvalue weighted by Crippen LogP contribution is -2.26. The van der Waals surface area contributed by atoms with Crippen molar-refractivity contribution in [2.45, 2.75) is 38.1 Å². The molecule has 0 radical (unpaired) electrons. The average molecular weight is 419 g/mol. The number of thioether (sulfide) groups is 1. The number of fused-ring (bicyclic) bond motifs is 1.